The van der Waals surface area contributed by atoms with E-state index in [4.69, 9.17) is 5.21 Å². The van der Waals surface area contributed by atoms with Gasteiger partial charge in [0.15, 0.2) is 0 Å². The molecule has 7 heteroatoms. The van der Waals surface area contributed by atoms with Crippen molar-refractivity contribution in [3.8, 4) is 0 Å². The summed E-state index contributed by atoms with van der Waals surface area (Å²) in [5.74, 6) is -0.0755. The Bertz CT molecular complexity index is 441. The third kappa shape index (κ3) is 4.43. The van der Waals surface area contributed by atoms with Gasteiger partial charge in [0, 0.05) is 38.1 Å². The van der Waals surface area contributed by atoms with E-state index >= 15 is 0 Å². The summed E-state index contributed by atoms with van der Waals surface area (Å²) < 4.78 is 0. The summed E-state index contributed by atoms with van der Waals surface area (Å²) in [4.78, 5) is 23.5. The summed E-state index contributed by atoms with van der Waals surface area (Å²) in [5.41, 5.74) is 1.88. The Kier molecular flexibility index (Phi) is 5.41. The van der Waals surface area contributed by atoms with Crippen LogP contribution in [0.5, 0.6) is 0 Å². The van der Waals surface area contributed by atoms with E-state index in [1.54, 1.807) is 5.48 Å². The Balaban J connectivity index is 2.60. The molecule has 0 aliphatic heterocycles. The van der Waals surface area contributed by atoms with Crippen LogP contribution in [-0.2, 0) is 0 Å². The molecule has 1 heterocycles. The van der Waals surface area contributed by atoms with Crippen molar-refractivity contribution in [2.45, 2.75) is 26.3 Å². The lowest BCUT2D eigenvalue weighted by Crippen LogP contribution is -2.42. The monoisotopic (exact) mass is 281 g/mol. The van der Waals surface area contributed by atoms with Crippen molar-refractivity contribution < 1.29 is 10.0 Å². The maximum Gasteiger partial charge on any atom is 0.277 e. The average Bonchev–Trinajstić information content (AvgIpc) is 2.42. The quantitative estimate of drug-likeness (QED) is 0.612. The molecule has 0 saturated carbocycles. The molecular formula is C13H23N5O2. The minimum Gasteiger partial charge on any atom is -0.343 e. The second-order valence-electron chi connectivity index (χ2n) is 5.73. The number of carbonyl (C=O) groups excluding carboxylic acids is 1. The smallest absolute Gasteiger partial charge is 0.277 e. The van der Waals surface area contributed by atoms with Crippen LogP contribution >= 0.6 is 0 Å². The van der Waals surface area contributed by atoms with Gasteiger partial charge in [0.1, 0.15) is 0 Å². The lowest BCUT2D eigenvalue weighted by molar-refractivity contribution is 0.0705. The fraction of sp³-hybridized carbons (Fsp3) is 0.615. The van der Waals surface area contributed by atoms with Gasteiger partial charge < -0.3 is 4.90 Å². The number of hydrogen-bond donors (Lipinski definition) is 2. The van der Waals surface area contributed by atoms with Crippen molar-refractivity contribution >= 4 is 11.9 Å². The third-order valence-corrected chi connectivity index (χ3v) is 3.26. The molecule has 0 bridgehead atoms. The van der Waals surface area contributed by atoms with E-state index in [-0.39, 0.29) is 11.1 Å². The summed E-state index contributed by atoms with van der Waals surface area (Å²) in [6.45, 7) is 8.13. The average molecular weight is 281 g/mol. The highest BCUT2D eigenvalue weighted by molar-refractivity contribution is 5.92. The van der Waals surface area contributed by atoms with Gasteiger partial charge in [-0.05, 0) is 27.8 Å². The van der Waals surface area contributed by atoms with Crippen LogP contribution in [0.2, 0.25) is 0 Å². The Morgan fingerprint density at radius 2 is 1.80 bits per heavy atom. The van der Waals surface area contributed by atoms with Crippen molar-refractivity contribution in [2.75, 3.05) is 32.1 Å². The number of aromatic nitrogens is 2. The first-order valence-corrected chi connectivity index (χ1v) is 6.44. The maximum atomic E-state index is 11.2. The fourth-order valence-corrected chi connectivity index (χ4v) is 1.44. The number of rotatable bonds is 5. The lowest BCUT2D eigenvalue weighted by atomic mass is 10.1. The van der Waals surface area contributed by atoms with Gasteiger partial charge in [-0.25, -0.2) is 15.4 Å². The standard InChI is InChI=1S/C13H23N5O2/c1-13(2,3)18(5)7-6-17(4)12-14-8-10(9-15-12)11(19)16-20/h8-9,20H,6-7H2,1-5H3,(H,16,19). The van der Waals surface area contributed by atoms with Crippen molar-refractivity contribution in [2.24, 2.45) is 0 Å². The summed E-state index contributed by atoms with van der Waals surface area (Å²) in [5, 5.41) is 8.52. The number of hydrogen-bond acceptors (Lipinski definition) is 6. The summed E-state index contributed by atoms with van der Waals surface area (Å²) in [7, 11) is 3.97. The number of nitrogens with zero attached hydrogens (tertiary/aromatic N) is 4. The highest BCUT2D eigenvalue weighted by Crippen LogP contribution is 2.11. The molecule has 1 aromatic heterocycles. The molecule has 112 valence electrons. The number of anilines is 1. The molecule has 0 fully saturated rings. The van der Waals surface area contributed by atoms with Crippen LogP contribution in [0.25, 0.3) is 0 Å². The van der Waals surface area contributed by atoms with Crippen LogP contribution < -0.4 is 10.4 Å². The number of hydroxylamine groups is 1. The molecule has 0 aliphatic rings. The molecular weight excluding hydrogens is 258 g/mol. The number of nitrogens with one attached hydrogen (secondary N) is 1. The van der Waals surface area contributed by atoms with E-state index in [9.17, 15) is 4.79 Å². The predicted molar refractivity (Wildman–Crippen MR) is 76.9 cm³/mol. The van der Waals surface area contributed by atoms with Gasteiger partial charge in [-0.2, -0.15) is 0 Å². The van der Waals surface area contributed by atoms with Crippen molar-refractivity contribution in [3.63, 3.8) is 0 Å². The van der Waals surface area contributed by atoms with Crippen molar-refractivity contribution in [3.05, 3.63) is 18.0 Å². The largest absolute Gasteiger partial charge is 0.343 e. The molecule has 7 nitrogen and oxygen atoms in total. The second kappa shape index (κ2) is 6.62. The first-order valence-electron chi connectivity index (χ1n) is 6.44. The highest BCUT2D eigenvalue weighted by atomic mass is 16.5. The molecule has 0 radical (unpaired) electrons. The molecule has 0 aromatic carbocycles. The van der Waals surface area contributed by atoms with Crippen LogP contribution in [0.15, 0.2) is 12.4 Å². The van der Waals surface area contributed by atoms with Crippen molar-refractivity contribution in [1.82, 2.24) is 20.3 Å². The summed E-state index contributed by atoms with van der Waals surface area (Å²) in [6.07, 6.45) is 2.77. The van der Waals surface area contributed by atoms with E-state index in [1.165, 1.54) is 12.4 Å². The SMILES string of the molecule is CN(CCN(C)C(C)(C)C)c1ncc(C(=O)NO)cn1. The Labute approximate surface area is 119 Å². The van der Waals surface area contributed by atoms with Crippen LogP contribution in [0.3, 0.4) is 0 Å². The van der Waals surface area contributed by atoms with E-state index in [1.807, 2.05) is 11.9 Å². The minimum absolute atomic E-state index is 0.116. The minimum atomic E-state index is -0.619. The van der Waals surface area contributed by atoms with Crippen LogP contribution in [-0.4, -0.2) is 58.7 Å². The topological polar surface area (TPSA) is 81.6 Å². The van der Waals surface area contributed by atoms with Gasteiger partial charge in [0.25, 0.3) is 5.91 Å². The molecule has 0 unspecified atom stereocenters. The zero-order chi connectivity index (χ0) is 15.3. The van der Waals surface area contributed by atoms with Crippen LogP contribution in [0.4, 0.5) is 5.95 Å². The third-order valence-electron chi connectivity index (χ3n) is 3.26. The molecule has 1 rings (SSSR count). The summed E-state index contributed by atoms with van der Waals surface area (Å²) in [6, 6.07) is 0. The van der Waals surface area contributed by atoms with Gasteiger partial charge in [-0.1, -0.05) is 0 Å². The Morgan fingerprint density at radius 1 is 1.25 bits per heavy atom. The molecule has 1 aromatic rings. The molecule has 20 heavy (non-hydrogen) atoms. The molecule has 2 N–H and O–H groups in total. The molecule has 0 spiro atoms. The molecule has 0 aliphatic carbocycles. The second-order valence-corrected chi connectivity index (χ2v) is 5.73. The summed E-state index contributed by atoms with van der Waals surface area (Å²) >= 11 is 0. The first kappa shape index (κ1) is 16.3. The Morgan fingerprint density at radius 3 is 2.25 bits per heavy atom. The fourth-order valence-electron chi connectivity index (χ4n) is 1.44. The van der Waals surface area contributed by atoms with E-state index in [2.05, 4.69) is 42.7 Å². The normalized spacial score (nSPS) is 11.6. The first-order chi connectivity index (χ1) is 9.25. The van der Waals surface area contributed by atoms with E-state index in [0.717, 1.165) is 13.1 Å². The van der Waals surface area contributed by atoms with Crippen LogP contribution in [0, 0.1) is 0 Å². The van der Waals surface area contributed by atoms with Crippen LogP contribution in [0.1, 0.15) is 31.1 Å². The van der Waals surface area contributed by atoms with Gasteiger partial charge in [-0.3, -0.25) is 14.9 Å². The van der Waals surface area contributed by atoms with E-state index < -0.39 is 5.91 Å². The maximum absolute atomic E-state index is 11.2. The zero-order valence-electron chi connectivity index (χ0n) is 12.7. The van der Waals surface area contributed by atoms with E-state index in [0.29, 0.717) is 5.95 Å². The van der Waals surface area contributed by atoms with Gasteiger partial charge in [0.2, 0.25) is 5.95 Å². The lowest BCUT2D eigenvalue weighted by Gasteiger charge is -2.33. The Hall–Kier alpha value is -1.73. The van der Waals surface area contributed by atoms with Gasteiger partial charge in [-0.15, -0.1) is 0 Å². The zero-order valence-corrected chi connectivity index (χ0v) is 12.7. The number of carbonyl (C=O) groups is 1. The van der Waals surface area contributed by atoms with Gasteiger partial charge >= 0.3 is 0 Å². The molecule has 1 amide bonds. The number of amides is 1. The predicted octanol–water partition coefficient (Wildman–Crippen LogP) is 0.762. The molecule has 0 atom stereocenters. The number of likely N-dealkylation sites (N-methyl/N-ethyl adjacent to an activating group) is 2. The van der Waals surface area contributed by atoms with Crippen molar-refractivity contribution in [1.29, 1.82) is 0 Å². The highest BCUT2D eigenvalue weighted by Gasteiger charge is 2.17. The van der Waals surface area contributed by atoms with Gasteiger partial charge in [0.05, 0.1) is 5.56 Å². The molecule has 0 saturated heterocycles.